The molecule has 0 atom stereocenters. The molecule has 5 rings (SSSR count). The predicted octanol–water partition coefficient (Wildman–Crippen LogP) is 4.89. The number of H-pyrrole nitrogens is 1. The first-order valence-electron chi connectivity index (χ1n) is 10.4. The van der Waals surface area contributed by atoms with Gasteiger partial charge in [0.1, 0.15) is 17.6 Å². The molecule has 3 heterocycles. The number of halogens is 1. The number of aromatic amines is 1. The lowest BCUT2D eigenvalue weighted by atomic mass is 10.1. The molecule has 1 N–H and O–H groups in total. The number of ether oxygens (including phenoxy) is 2. The van der Waals surface area contributed by atoms with E-state index in [9.17, 15) is 5.26 Å². The van der Waals surface area contributed by atoms with Crippen molar-refractivity contribution in [1.29, 1.82) is 5.26 Å². The van der Waals surface area contributed by atoms with Crippen molar-refractivity contribution in [3.8, 4) is 23.3 Å². The number of nitriles is 1. The largest absolute Gasteiger partial charge is 0.492 e. The van der Waals surface area contributed by atoms with Gasteiger partial charge in [-0.3, -0.25) is 9.67 Å². The number of hydrogen-bond acceptors (Lipinski definition) is 6. The molecule has 33 heavy (non-hydrogen) atoms. The summed E-state index contributed by atoms with van der Waals surface area (Å²) in [7, 11) is 0. The lowest BCUT2D eigenvalue weighted by Crippen LogP contribution is -2.06. The van der Waals surface area contributed by atoms with Crippen LogP contribution in [0.25, 0.3) is 21.8 Å². The fourth-order valence-corrected chi connectivity index (χ4v) is 3.69. The van der Waals surface area contributed by atoms with E-state index >= 15 is 4.39 Å². The topological polar surface area (TPSA) is 102 Å². The molecular weight excluding hydrogens is 423 g/mol. The number of rotatable bonds is 7. The normalized spacial score (nSPS) is 11.1. The lowest BCUT2D eigenvalue weighted by Gasteiger charge is -2.12. The molecule has 0 spiro atoms. The number of pyridine rings is 1. The van der Waals surface area contributed by atoms with Crippen LogP contribution in [0.2, 0.25) is 0 Å². The molecular formula is C24H19FN6O2. The van der Waals surface area contributed by atoms with Crippen molar-refractivity contribution >= 4 is 21.8 Å². The minimum Gasteiger partial charge on any atom is -0.492 e. The Labute approximate surface area is 188 Å². The maximum absolute atomic E-state index is 15.0. The summed E-state index contributed by atoms with van der Waals surface area (Å²) in [6, 6.07) is 12.3. The molecule has 0 bridgehead atoms. The SMILES string of the molecule is Cc1cc2c(F)c(Oc3ccnc4cc(OCCCn5ccnn5)c(C#N)cc34)ccc2[nH]1. The lowest BCUT2D eigenvalue weighted by molar-refractivity contribution is 0.297. The quantitative estimate of drug-likeness (QED) is 0.360. The summed E-state index contributed by atoms with van der Waals surface area (Å²) in [5.41, 5.74) is 2.49. The zero-order valence-corrected chi connectivity index (χ0v) is 17.7. The molecule has 8 nitrogen and oxygen atoms in total. The van der Waals surface area contributed by atoms with Gasteiger partial charge in [-0.25, -0.2) is 4.39 Å². The second-order valence-electron chi connectivity index (χ2n) is 7.55. The molecule has 0 unspecified atom stereocenters. The predicted molar refractivity (Wildman–Crippen MR) is 120 cm³/mol. The molecule has 0 fully saturated rings. The van der Waals surface area contributed by atoms with Gasteiger partial charge in [0, 0.05) is 53.4 Å². The van der Waals surface area contributed by atoms with E-state index in [4.69, 9.17) is 9.47 Å². The van der Waals surface area contributed by atoms with Gasteiger partial charge < -0.3 is 14.5 Å². The summed E-state index contributed by atoms with van der Waals surface area (Å²) in [6.07, 6.45) is 5.67. The Kier molecular flexibility index (Phi) is 5.32. The fourth-order valence-electron chi connectivity index (χ4n) is 3.69. The first-order chi connectivity index (χ1) is 16.1. The third kappa shape index (κ3) is 4.06. The summed E-state index contributed by atoms with van der Waals surface area (Å²) in [4.78, 5) is 7.48. The van der Waals surface area contributed by atoms with Gasteiger partial charge in [0.15, 0.2) is 11.6 Å². The second kappa shape index (κ2) is 8.59. The van der Waals surface area contributed by atoms with Crippen molar-refractivity contribution in [3.63, 3.8) is 0 Å². The van der Waals surface area contributed by atoms with Crippen molar-refractivity contribution < 1.29 is 13.9 Å². The van der Waals surface area contributed by atoms with Crippen LogP contribution in [0.15, 0.2) is 55.0 Å². The van der Waals surface area contributed by atoms with Gasteiger partial charge in [-0.2, -0.15) is 5.26 Å². The summed E-state index contributed by atoms with van der Waals surface area (Å²) in [6.45, 7) is 2.92. The van der Waals surface area contributed by atoms with Crippen LogP contribution in [-0.2, 0) is 6.54 Å². The number of nitrogens with one attached hydrogen (secondary N) is 1. The molecule has 0 aliphatic heterocycles. The van der Waals surface area contributed by atoms with Gasteiger partial charge in [0.25, 0.3) is 0 Å². The minimum absolute atomic E-state index is 0.0981. The molecule has 0 saturated heterocycles. The first-order valence-corrected chi connectivity index (χ1v) is 10.4. The van der Waals surface area contributed by atoms with Crippen molar-refractivity contribution in [3.05, 3.63) is 72.1 Å². The van der Waals surface area contributed by atoms with E-state index in [1.165, 1.54) is 0 Å². The Bertz CT molecular complexity index is 1490. The zero-order chi connectivity index (χ0) is 22.8. The van der Waals surface area contributed by atoms with E-state index in [1.807, 2.05) is 6.92 Å². The van der Waals surface area contributed by atoms with E-state index in [0.29, 0.717) is 58.4 Å². The van der Waals surface area contributed by atoms with Crippen molar-refractivity contribution in [2.24, 2.45) is 0 Å². The molecule has 0 saturated carbocycles. The zero-order valence-electron chi connectivity index (χ0n) is 17.7. The Morgan fingerprint density at radius 3 is 2.82 bits per heavy atom. The van der Waals surface area contributed by atoms with Crippen LogP contribution in [0.3, 0.4) is 0 Å². The van der Waals surface area contributed by atoms with Crippen molar-refractivity contribution in [1.82, 2.24) is 25.0 Å². The summed E-state index contributed by atoms with van der Waals surface area (Å²) >= 11 is 0. The summed E-state index contributed by atoms with van der Waals surface area (Å²) < 4.78 is 28.5. The third-order valence-electron chi connectivity index (χ3n) is 5.24. The Balaban J connectivity index is 1.41. The Morgan fingerprint density at radius 1 is 1.09 bits per heavy atom. The summed E-state index contributed by atoms with van der Waals surface area (Å²) in [5.74, 6) is 0.485. The average Bonchev–Trinajstić information content (AvgIpc) is 3.47. The van der Waals surface area contributed by atoms with Gasteiger partial charge in [-0.05, 0) is 37.3 Å². The number of aryl methyl sites for hydroxylation is 2. The van der Waals surface area contributed by atoms with E-state index in [-0.39, 0.29) is 5.75 Å². The van der Waals surface area contributed by atoms with E-state index in [2.05, 4.69) is 26.3 Å². The highest BCUT2D eigenvalue weighted by molar-refractivity contribution is 5.88. The molecule has 9 heteroatoms. The monoisotopic (exact) mass is 442 g/mol. The van der Waals surface area contributed by atoms with Gasteiger partial charge >= 0.3 is 0 Å². The van der Waals surface area contributed by atoms with Crippen LogP contribution < -0.4 is 9.47 Å². The number of aromatic nitrogens is 5. The van der Waals surface area contributed by atoms with Gasteiger partial charge in [0.05, 0.1) is 23.9 Å². The van der Waals surface area contributed by atoms with Crippen molar-refractivity contribution in [2.45, 2.75) is 19.9 Å². The molecule has 2 aromatic carbocycles. The van der Waals surface area contributed by atoms with Gasteiger partial charge in [0.2, 0.25) is 0 Å². The maximum Gasteiger partial charge on any atom is 0.175 e. The van der Waals surface area contributed by atoms with Crippen LogP contribution in [0, 0.1) is 24.1 Å². The second-order valence-corrected chi connectivity index (χ2v) is 7.55. The number of hydrogen-bond donors (Lipinski definition) is 1. The van der Waals surface area contributed by atoms with Gasteiger partial charge in [-0.1, -0.05) is 5.21 Å². The smallest absolute Gasteiger partial charge is 0.175 e. The fraction of sp³-hybridized carbons (Fsp3) is 0.167. The standard InChI is InChI=1S/C24H19FN6O2/c1-15-11-18-19(29-15)3-4-22(24(18)25)33-21-5-6-27-20-13-23(16(14-26)12-17(20)21)32-10-2-8-31-9-7-28-30-31/h3-7,9,11-13,29H,2,8,10H2,1H3. The number of fused-ring (bicyclic) bond motifs is 2. The highest BCUT2D eigenvalue weighted by Crippen LogP contribution is 2.35. The molecule has 3 aromatic heterocycles. The first kappa shape index (κ1) is 20.5. The molecule has 0 aliphatic rings. The summed E-state index contributed by atoms with van der Waals surface area (Å²) in [5, 5.41) is 18.4. The molecule has 0 aliphatic carbocycles. The molecule has 0 amide bonds. The highest BCUT2D eigenvalue weighted by atomic mass is 19.1. The highest BCUT2D eigenvalue weighted by Gasteiger charge is 2.15. The number of benzene rings is 2. The minimum atomic E-state index is -0.449. The molecule has 164 valence electrons. The molecule has 5 aromatic rings. The van der Waals surface area contributed by atoms with Crippen LogP contribution in [0.1, 0.15) is 17.7 Å². The van der Waals surface area contributed by atoms with Gasteiger partial charge in [-0.15, -0.1) is 5.10 Å². The molecule has 0 radical (unpaired) electrons. The van der Waals surface area contributed by atoms with Crippen LogP contribution in [0.5, 0.6) is 17.2 Å². The van der Waals surface area contributed by atoms with E-state index < -0.39 is 5.82 Å². The Morgan fingerprint density at radius 2 is 2.00 bits per heavy atom. The maximum atomic E-state index is 15.0. The van der Waals surface area contributed by atoms with E-state index in [1.54, 1.807) is 59.7 Å². The average molecular weight is 442 g/mol. The van der Waals surface area contributed by atoms with Crippen molar-refractivity contribution in [2.75, 3.05) is 6.61 Å². The van der Waals surface area contributed by atoms with Crippen LogP contribution in [0.4, 0.5) is 4.39 Å². The van der Waals surface area contributed by atoms with Crippen LogP contribution in [-0.4, -0.2) is 31.6 Å². The Hall–Kier alpha value is -4.45. The number of nitrogens with zero attached hydrogens (tertiary/aromatic N) is 5. The van der Waals surface area contributed by atoms with E-state index in [0.717, 1.165) is 5.69 Å². The van der Waals surface area contributed by atoms with Crippen LogP contribution >= 0.6 is 0 Å². The third-order valence-corrected chi connectivity index (χ3v) is 5.24.